The fourth-order valence-electron chi connectivity index (χ4n) is 3.09. The number of piperazine rings is 1. The van der Waals surface area contributed by atoms with Gasteiger partial charge in [-0.05, 0) is 43.9 Å². The number of nitrogens with zero attached hydrogens (tertiary/aromatic N) is 1. The van der Waals surface area contributed by atoms with Gasteiger partial charge in [0.25, 0.3) is 0 Å². The molecule has 1 aromatic rings. The first-order valence-electron chi connectivity index (χ1n) is 9.63. The van der Waals surface area contributed by atoms with Crippen LogP contribution in [0.25, 0.3) is 0 Å². The molecule has 0 aliphatic carbocycles. The molecule has 1 fully saturated rings. The number of benzene rings is 1. The molecule has 2 rings (SSSR count). The van der Waals surface area contributed by atoms with Crippen molar-refractivity contribution in [3.63, 3.8) is 0 Å². The molecule has 0 bridgehead atoms. The van der Waals surface area contributed by atoms with E-state index in [0.29, 0.717) is 6.54 Å². The van der Waals surface area contributed by atoms with Crippen LogP contribution in [0.5, 0.6) is 0 Å². The summed E-state index contributed by atoms with van der Waals surface area (Å²) in [5.74, 6) is 0. The minimum Gasteiger partial charge on any atom is -0.369 e. The van der Waals surface area contributed by atoms with E-state index >= 15 is 0 Å². The van der Waals surface area contributed by atoms with Crippen molar-refractivity contribution in [1.82, 2.24) is 20.9 Å². The summed E-state index contributed by atoms with van der Waals surface area (Å²) in [4.78, 5) is 14.3. The van der Waals surface area contributed by atoms with Crippen molar-refractivity contribution in [3.05, 3.63) is 71.1 Å². The second kappa shape index (κ2) is 10.6. The lowest BCUT2D eigenvalue weighted by Gasteiger charge is -2.31. The fraction of sp³-hybridized carbons (Fsp3) is 0.409. The van der Waals surface area contributed by atoms with Crippen LogP contribution in [0.2, 0.25) is 0 Å². The molecule has 0 spiro atoms. The predicted octanol–water partition coefficient (Wildman–Crippen LogP) is 3.19. The molecule has 5 heteroatoms. The van der Waals surface area contributed by atoms with E-state index in [0.717, 1.165) is 55.1 Å². The summed E-state index contributed by atoms with van der Waals surface area (Å²) in [6, 6.07) is 10.1. The molecule has 2 amide bonds. The van der Waals surface area contributed by atoms with Crippen LogP contribution in [0.1, 0.15) is 26.3 Å². The summed E-state index contributed by atoms with van der Waals surface area (Å²) in [5.41, 5.74) is 5.33. The molecule has 1 aliphatic heterocycles. The van der Waals surface area contributed by atoms with Crippen LogP contribution in [0, 0.1) is 0 Å². The normalized spacial score (nSPS) is 15.8. The Morgan fingerprint density at radius 1 is 1.22 bits per heavy atom. The zero-order chi connectivity index (χ0) is 19.6. The Bertz CT molecular complexity index is 700. The third-order valence-electron chi connectivity index (χ3n) is 4.70. The summed E-state index contributed by atoms with van der Waals surface area (Å²) >= 11 is 0. The number of urea groups is 1. The molecule has 1 saturated heterocycles. The Morgan fingerprint density at radius 2 is 1.89 bits per heavy atom. The molecule has 1 aromatic carbocycles. The maximum atomic E-state index is 12.0. The molecule has 1 aliphatic rings. The highest BCUT2D eigenvalue weighted by molar-refractivity contribution is 5.76. The summed E-state index contributed by atoms with van der Waals surface area (Å²) in [5, 5.41) is 9.11. The lowest BCUT2D eigenvalue weighted by atomic mass is 10.00. The molecule has 0 radical (unpaired) electrons. The summed E-state index contributed by atoms with van der Waals surface area (Å²) in [6.07, 6.45) is 2.91. The molecular weight excluding hydrogens is 336 g/mol. The molecule has 5 nitrogen and oxygen atoms in total. The maximum absolute atomic E-state index is 12.0. The highest BCUT2D eigenvalue weighted by atomic mass is 16.2. The van der Waals surface area contributed by atoms with E-state index in [9.17, 15) is 4.79 Å². The van der Waals surface area contributed by atoms with Gasteiger partial charge < -0.3 is 20.9 Å². The number of allylic oxidation sites excluding steroid dienone is 4. The zero-order valence-electron chi connectivity index (χ0n) is 16.8. The Labute approximate surface area is 163 Å². The number of carbonyl (C=O) groups is 1. The van der Waals surface area contributed by atoms with Crippen LogP contribution in [0.15, 0.2) is 65.5 Å². The van der Waals surface area contributed by atoms with Gasteiger partial charge in [0, 0.05) is 44.1 Å². The van der Waals surface area contributed by atoms with Gasteiger partial charge in [0.1, 0.15) is 0 Å². The molecule has 0 atom stereocenters. The molecule has 0 saturated carbocycles. The van der Waals surface area contributed by atoms with Crippen molar-refractivity contribution in [3.8, 4) is 0 Å². The largest absolute Gasteiger partial charge is 0.369 e. The van der Waals surface area contributed by atoms with Crippen LogP contribution in [-0.4, -0.2) is 43.7 Å². The highest BCUT2D eigenvalue weighted by Crippen LogP contribution is 2.20. The Balaban J connectivity index is 2.24. The lowest BCUT2D eigenvalue weighted by molar-refractivity contribution is 0.244. The van der Waals surface area contributed by atoms with Gasteiger partial charge in [0.05, 0.1) is 0 Å². The van der Waals surface area contributed by atoms with Gasteiger partial charge in [-0.2, -0.15) is 0 Å². The van der Waals surface area contributed by atoms with Gasteiger partial charge >= 0.3 is 6.03 Å². The summed E-state index contributed by atoms with van der Waals surface area (Å²) < 4.78 is 0. The van der Waals surface area contributed by atoms with E-state index in [1.807, 2.05) is 32.0 Å². The van der Waals surface area contributed by atoms with E-state index in [-0.39, 0.29) is 6.03 Å². The van der Waals surface area contributed by atoms with E-state index in [4.69, 9.17) is 0 Å². The van der Waals surface area contributed by atoms with E-state index in [1.54, 1.807) is 0 Å². The van der Waals surface area contributed by atoms with Crippen molar-refractivity contribution in [2.75, 3.05) is 32.7 Å². The van der Waals surface area contributed by atoms with Gasteiger partial charge in [-0.25, -0.2) is 4.79 Å². The van der Waals surface area contributed by atoms with Crippen molar-refractivity contribution in [1.29, 1.82) is 0 Å². The lowest BCUT2D eigenvalue weighted by Crippen LogP contribution is -2.42. The maximum Gasteiger partial charge on any atom is 0.318 e. The molecule has 3 N–H and O–H groups in total. The average Bonchev–Trinajstić information content (AvgIpc) is 2.68. The van der Waals surface area contributed by atoms with E-state index in [1.165, 1.54) is 5.56 Å². The molecule has 27 heavy (non-hydrogen) atoms. The summed E-state index contributed by atoms with van der Waals surface area (Å²) in [6.45, 7) is 14.7. The Hall–Kier alpha value is -2.53. The SMILES string of the molecule is C=C(/C(C)=C/C(Cc1ccccc1)=C(\C)NC(=O)NCC)N1CCNCC1. The second-order valence-corrected chi connectivity index (χ2v) is 6.81. The minimum atomic E-state index is -0.174. The molecular formula is C22H32N4O. The number of amides is 2. The van der Waals surface area contributed by atoms with Crippen LogP contribution in [0.3, 0.4) is 0 Å². The number of hydrogen-bond acceptors (Lipinski definition) is 3. The van der Waals surface area contributed by atoms with Gasteiger partial charge in [-0.3, -0.25) is 0 Å². The smallest absolute Gasteiger partial charge is 0.318 e. The van der Waals surface area contributed by atoms with E-state index < -0.39 is 0 Å². The molecule has 1 heterocycles. The van der Waals surface area contributed by atoms with Gasteiger partial charge in [0.15, 0.2) is 0 Å². The number of nitrogens with one attached hydrogen (secondary N) is 3. The first-order valence-corrected chi connectivity index (χ1v) is 9.63. The monoisotopic (exact) mass is 368 g/mol. The standard InChI is InChI=1S/C22H32N4O/c1-5-24-22(27)25-18(3)21(16-20-9-7-6-8-10-20)15-17(2)19(4)26-13-11-23-12-14-26/h6-10,15,23H,4-5,11-14,16H2,1-3H3,(H2,24,25,27)/b17-15+,21-18-. The molecule has 146 valence electrons. The van der Waals surface area contributed by atoms with Gasteiger partial charge in [0.2, 0.25) is 0 Å². The average molecular weight is 369 g/mol. The number of hydrogen-bond donors (Lipinski definition) is 3. The minimum absolute atomic E-state index is 0.174. The fourth-order valence-corrected chi connectivity index (χ4v) is 3.09. The van der Waals surface area contributed by atoms with Crippen LogP contribution < -0.4 is 16.0 Å². The zero-order valence-corrected chi connectivity index (χ0v) is 16.8. The Kier molecular flexibility index (Phi) is 8.14. The van der Waals surface area contributed by atoms with Crippen molar-refractivity contribution in [2.24, 2.45) is 0 Å². The molecule has 0 aromatic heterocycles. The van der Waals surface area contributed by atoms with Crippen LogP contribution >= 0.6 is 0 Å². The van der Waals surface area contributed by atoms with Crippen LogP contribution in [-0.2, 0) is 6.42 Å². The Morgan fingerprint density at radius 3 is 2.52 bits per heavy atom. The van der Waals surface area contributed by atoms with E-state index in [2.05, 4.69) is 52.6 Å². The quantitative estimate of drug-likeness (QED) is 0.648. The second-order valence-electron chi connectivity index (χ2n) is 6.81. The third-order valence-corrected chi connectivity index (χ3v) is 4.70. The topological polar surface area (TPSA) is 56.4 Å². The van der Waals surface area contributed by atoms with Crippen LogP contribution in [0.4, 0.5) is 4.79 Å². The first kappa shape index (κ1) is 20.8. The predicted molar refractivity (Wildman–Crippen MR) is 112 cm³/mol. The van der Waals surface area contributed by atoms with Crippen molar-refractivity contribution in [2.45, 2.75) is 27.2 Å². The first-order chi connectivity index (χ1) is 13.0. The number of carbonyl (C=O) groups excluding carboxylic acids is 1. The third kappa shape index (κ3) is 6.61. The molecule has 0 unspecified atom stereocenters. The summed E-state index contributed by atoms with van der Waals surface area (Å²) in [7, 11) is 0. The number of rotatable bonds is 7. The van der Waals surface area contributed by atoms with Gasteiger partial charge in [-0.1, -0.05) is 43.0 Å². The van der Waals surface area contributed by atoms with Gasteiger partial charge in [-0.15, -0.1) is 0 Å². The highest BCUT2D eigenvalue weighted by Gasteiger charge is 2.13. The van der Waals surface area contributed by atoms with Crippen molar-refractivity contribution < 1.29 is 4.79 Å². The van der Waals surface area contributed by atoms with Crippen molar-refractivity contribution >= 4 is 6.03 Å².